The summed E-state index contributed by atoms with van der Waals surface area (Å²) in [7, 11) is 0. The molecule has 0 bridgehead atoms. The molecule has 2 aromatic carbocycles. The number of hydrogen-bond acceptors (Lipinski definition) is 5. The van der Waals surface area contributed by atoms with E-state index in [2.05, 4.69) is 25.9 Å². The van der Waals surface area contributed by atoms with Crippen LogP contribution in [-0.4, -0.2) is 17.3 Å². The Kier molecular flexibility index (Phi) is 4.98. The highest BCUT2D eigenvalue weighted by atomic mass is 16.4. The zero-order valence-electron chi connectivity index (χ0n) is 10.6. The lowest BCUT2D eigenvalue weighted by molar-refractivity contribution is 0.322. The Morgan fingerprint density at radius 3 is 2.25 bits per heavy atom. The van der Waals surface area contributed by atoms with Crippen LogP contribution in [0.1, 0.15) is 0 Å². The molecule has 0 heterocycles. The van der Waals surface area contributed by atoms with Gasteiger partial charge in [-0.25, -0.2) is 0 Å². The molecule has 0 saturated carbocycles. The third kappa shape index (κ3) is 4.34. The van der Waals surface area contributed by atoms with Crippen molar-refractivity contribution in [3.8, 4) is 0 Å². The zero-order valence-corrected chi connectivity index (χ0v) is 10.6. The maximum Gasteiger partial charge on any atom is 0.215 e. The lowest BCUT2D eigenvalue weighted by atomic mass is 10.3. The summed E-state index contributed by atoms with van der Waals surface area (Å²) in [6, 6.07) is 18.6. The molecule has 100 valence electrons. The highest BCUT2D eigenvalue weighted by Crippen LogP contribution is 2.10. The van der Waals surface area contributed by atoms with Gasteiger partial charge in [0.2, 0.25) is 5.84 Å². The molecule has 0 spiro atoms. The van der Waals surface area contributed by atoms with Crippen molar-refractivity contribution in [3.05, 3.63) is 60.7 Å². The van der Waals surface area contributed by atoms with E-state index in [1.54, 1.807) is 0 Å². The second-order valence-electron chi connectivity index (χ2n) is 3.73. The Balaban J connectivity index is 2.09. The molecule has 0 fully saturated rings. The third-order valence-electron chi connectivity index (χ3n) is 2.27. The lowest BCUT2D eigenvalue weighted by Gasteiger charge is -1.98. The average molecular weight is 267 g/mol. The Hall–Kier alpha value is -3.02. The monoisotopic (exact) mass is 267 g/mol. The minimum absolute atomic E-state index is 0.153. The molecule has 0 saturated heterocycles. The van der Waals surface area contributed by atoms with Gasteiger partial charge < -0.3 is 5.21 Å². The largest absolute Gasteiger partial charge is 0.411 e. The van der Waals surface area contributed by atoms with Crippen molar-refractivity contribution in [2.75, 3.05) is 5.43 Å². The number of nitrogens with one attached hydrogen (secondary N) is 1. The van der Waals surface area contributed by atoms with Crippen molar-refractivity contribution in [2.24, 2.45) is 20.5 Å². The number of benzene rings is 2. The Morgan fingerprint density at radius 2 is 1.60 bits per heavy atom. The van der Waals surface area contributed by atoms with Gasteiger partial charge in [0.15, 0.2) is 0 Å². The van der Waals surface area contributed by atoms with Gasteiger partial charge in [-0.1, -0.05) is 41.6 Å². The van der Waals surface area contributed by atoms with E-state index in [0.29, 0.717) is 5.69 Å². The molecule has 0 aromatic heterocycles. The van der Waals surface area contributed by atoms with Gasteiger partial charge in [-0.15, -0.1) is 10.2 Å². The fourth-order valence-electron chi connectivity index (χ4n) is 1.37. The summed E-state index contributed by atoms with van der Waals surface area (Å²) in [4.78, 5) is 0. The molecule has 0 atom stereocenters. The molecule has 0 amide bonds. The molecule has 0 radical (unpaired) electrons. The van der Waals surface area contributed by atoms with E-state index in [9.17, 15) is 0 Å². The number of hydrogen-bond donors (Lipinski definition) is 2. The van der Waals surface area contributed by atoms with Gasteiger partial charge in [0.1, 0.15) is 6.21 Å². The second-order valence-corrected chi connectivity index (χ2v) is 3.73. The summed E-state index contributed by atoms with van der Waals surface area (Å²) in [5.41, 5.74) is 4.28. The summed E-state index contributed by atoms with van der Waals surface area (Å²) < 4.78 is 0. The van der Waals surface area contributed by atoms with Crippen molar-refractivity contribution in [1.29, 1.82) is 0 Å². The Bertz CT molecular complexity index is 608. The molecular weight excluding hydrogens is 254 g/mol. The molecule has 0 aliphatic rings. The number of azo groups is 1. The van der Waals surface area contributed by atoms with Crippen LogP contribution in [-0.2, 0) is 0 Å². The summed E-state index contributed by atoms with van der Waals surface area (Å²) >= 11 is 0. The third-order valence-corrected chi connectivity index (χ3v) is 2.27. The van der Waals surface area contributed by atoms with Gasteiger partial charge in [-0.05, 0) is 24.3 Å². The standard InChI is InChI=1S/C14H13N5O/c20-15-11-14(18-16-12-7-3-1-4-8-12)19-17-13-9-5-2-6-10-13/h1-11,16,20H/b15-11+,18-14-,19-17?. The number of nitrogens with zero attached hydrogens (tertiary/aromatic N) is 4. The Labute approximate surface area is 116 Å². The van der Waals surface area contributed by atoms with Crippen molar-refractivity contribution >= 4 is 23.4 Å². The number of rotatable bonds is 4. The van der Waals surface area contributed by atoms with Crippen LogP contribution < -0.4 is 5.43 Å². The van der Waals surface area contributed by atoms with Crippen molar-refractivity contribution < 1.29 is 5.21 Å². The number of amidine groups is 1. The fourth-order valence-corrected chi connectivity index (χ4v) is 1.37. The minimum Gasteiger partial charge on any atom is -0.411 e. The van der Waals surface area contributed by atoms with Crippen LogP contribution in [0.3, 0.4) is 0 Å². The van der Waals surface area contributed by atoms with Crippen LogP contribution in [0.25, 0.3) is 0 Å². The van der Waals surface area contributed by atoms with Crippen LogP contribution in [0.5, 0.6) is 0 Å². The second kappa shape index (κ2) is 7.42. The molecule has 0 unspecified atom stereocenters. The summed E-state index contributed by atoms with van der Waals surface area (Å²) in [5.74, 6) is 0.153. The van der Waals surface area contributed by atoms with Crippen LogP contribution >= 0.6 is 0 Å². The molecule has 6 heteroatoms. The van der Waals surface area contributed by atoms with E-state index < -0.39 is 0 Å². The summed E-state index contributed by atoms with van der Waals surface area (Å²) in [6.07, 6.45) is 1.10. The highest BCUT2D eigenvalue weighted by Gasteiger charge is 1.94. The molecule has 20 heavy (non-hydrogen) atoms. The maximum atomic E-state index is 8.59. The molecule has 2 rings (SSSR count). The van der Waals surface area contributed by atoms with Crippen LogP contribution in [0.4, 0.5) is 11.4 Å². The molecular formula is C14H13N5O. The highest BCUT2D eigenvalue weighted by molar-refractivity contribution is 6.29. The SMILES string of the molecule is O/N=C/C(N=Nc1ccccc1)=N/Nc1ccccc1. The first-order valence-electron chi connectivity index (χ1n) is 5.91. The maximum absolute atomic E-state index is 8.59. The van der Waals surface area contributed by atoms with Gasteiger partial charge >= 0.3 is 0 Å². The molecule has 2 N–H and O–H groups in total. The number of hydrazone groups is 1. The fraction of sp³-hybridized carbons (Fsp3) is 0. The first-order valence-corrected chi connectivity index (χ1v) is 5.91. The van der Waals surface area contributed by atoms with E-state index in [-0.39, 0.29) is 5.84 Å². The Morgan fingerprint density at radius 1 is 0.950 bits per heavy atom. The molecule has 0 aliphatic heterocycles. The molecule has 6 nitrogen and oxygen atoms in total. The van der Waals surface area contributed by atoms with Gasteiger partial charge in [-0.3, -0.25) is 5.43 Å². The minimum atomic E-state index is 0.153. The van der Waals surface area contributed by atoms with E-state index >= 15 is 0 Å². The average Bonchev–Trinajstić information content (AvgIpc) is 2.52. The molecule has 2 aromatic rings. The smallest absolute Gasteiger partial charge is 0.215 e. The predicted octanol–water partition coefficient (Wildman–Crippen LogP) is 3.66. The summed E-state index contributed by atoms with van der Waals surface area (Å²) in [6.45, 7) is 0. The van der Waals surface area contributed by atoms with Gasteiger partial charge in [0.25, 0.3) is 0 Å². The van der Waals surface area contributed by atoms with Crippen molar-refractivity contribution in [2.45, 2.75) is 0 Å². The first kappa shape index (κ1) is 13.4. The van der Waals surface area contributed by atoms with E-state index in [1.807, 2.05) is 60.7 Å². The van der Waals surface area contributed by atoms with Crippen LogP contribution in [0.2, 0.25) is 0 Å². The van der Waals surface area contributed by atoms with Crippen LogP contribution in [0, 0.1) is 0 Å². The summed E-state index contributed by atoms with van der Waals surface area (Å²) in [5, 5.41) is 23.4. The number of anilines is 1. The number of para-hydroxylation sites is 1. The van der Waals surface area contributed by atoms with Gasteiger partial charge in [-0.2, -0.15) is 5.10 Å². The predicted molar refractivity (Wildman–Crippen MR) is 78.7 cm³/mol. The van der Waals surface area contributed by atoms with Gasteiger partial charge in [0.05, 0.1) is 11.4 Å². The van der Waals surface area contributed by atoms with Crippen molar-refractivity contribution in [1.82, 2.24) is 0 Å². The lowest BCUT2D eigenvalue weighted by Crippen LogP contribution is -2.00. The quantitative estimate of drug-likeness (QED) is 0.291. The van der Waals surface area contributed by atoms with E-state index in [1.165, 1.54) is 0 Å². The van der Waals surface area contributed by atoms with E-state index in [0.717, 1.165) is 11.9 Å². The normalized spacial score (nSPS) is 12.1. The van der Waals surface area contributed by atoms with Crippen LogP contribution in [0.15, 0.2) is 81.1 Å². The van der Waals surface area contributed by atoms with Gasteiger partial charge in [0, 0.05) is 0 Å². The number of oxime groups is 1. The topological polar surface area (TPSA) is 81.7 Å². The zero-order chi connectivity index (χ0) is 14.0. The molecule has 0 aliphatic carbocycles. The van der Waals surface area contributed by atoms with E-state index in [4.69, 9.17) is 5.21 Å². The van der Waals surface area contributed by atoms with Crippen molar-refractivity contribution in [3.63, 3.8) is 0 Å². The first-order chi connectivity index (χ1) is 9.88.